The van der Waals surface area contributed by atoms with Crippen LogP contribution in [0.5, 0.6) is 0 Å². The van der Waals surface area contributed by atoms with Gasteiger partial charge in [-0.3, -0.25) is 9.69 Å². The lowest BCUT2D eigenvalue weighted by molar-refractivity contribution is -0.142. The number of likely N-dealkylation sites (N-methyl/N-ethyl adjacent to an activating group) is 1. The third-order valence-electron chi connectivity index (χ3n) is 4.79. The van der Waals surface area contributed by atoms with Gasteiger partial charge in [-0.15, -0.1) is 23.8 Å². The maximum atomic E-state index is 11.2. The molecule has 25 heavy (non-hydrogen) atoms. The molecule has 0 fully saturated rings. The van der Waals surface area contributed by atoms with Crippen molar-refractivity contribution >= 4 is 23.2 Å². The standard InChI is InChI=1S/C20H41NO2P2/c1-3-16-19(20(22)23)21(2)17-14-12-10-8-6-4-5-7-9-11-13-15-18-25-24/h3,19,25H,1,4-18,24H2,2H3,(H,22,23). The lowest BCUT2D eigenvalue weighted by Gasteiger charge is -2.23. The average Bonchev–Trinajstić information content (AvgIpc) is 2.59. The Labute approximate surface area is 160 Å². The number of carboxylic acid groups (broad SMARTS) is 1. The summed E-state index contributed by atoms with van der Waals surface area (Å²) in [4.78, 5) is 13.1. The molecule has 0 heterocycles. The Balaban J connectivity index is 3.35. The summed E-state index contributed by atoms with van der Waals surface area (Å²) in [5.41, 5.74) is 0. The van der Waals surface area contributed by atoms with E-state index in [-0.39, 0.29) is 0 Å². The first kappa shape index (κ1) is 25.0. The lowest BCUT2D eigenvalue weighted by atomic mass is 10.0. The molecule has 0 aliphatic rings. The van der Waals surface area contributed by atoms with Crippen LogP contribution in [-0.2, 0) is 4.79 Å². The highest BCUT2D eigenvalue weighted by molar-refractivity contribution is 8.02. The van der Waals surface area contributed by atoms with Crippen LogP contribution in [0.15, 0.2) is 12.7 Å². The number of nitrogens with zero attached hydrogens (tertiary/aromatic N) is 1. The maximum absolute atomic E-state index is 11.2. The molecule has 0 rings (SSSR count). The van der Waals surface area contributed by atoms with E-state index in [0.29, 0.717) is 6.42 Å². The van der Waals surface area contributed by atoms with Gasteiger partial charge >= 0.3 is 5.97 Å². The predicted octanol–water partition coefficient (Wildman–Crippen LogP) is 6.10. The Hall–Kier alpha value is 0.0300. The molecule has 0 aliphatic carbocycles. The SMILES string of the molecule is C=CCC(C(=O)O)N(C)CCCCCCCCCCCCCCPP. The quantitative estimate of drug-likeness (QED) is 0.165. The Morgan fingerprint density at radius 1 is 1.00 bits per heavy atom. The highest BCUT2D eigenvalue weighted by atomic mass is 32.0. The molecule has 3 nitrogen and oxygen atoms in total. The van der Waals surface area contributed by atoms with Gasteiger partial charge in [0.1, 0.15) is 6.04 Å². The first-order valence-corrected chi connectivity index (χ1v) is 13.1. The van der Waals surface area contributed by atoms with Crippen LogP contribution in [-0.4, -0.2) is 41.8 Å². The summed E-state index contributed by atoms with van der Waals surface area (Å²) in [5, 5.41) is 9.20. The van der Waals surface area contributed by atoms with E-state index in [9.17, 15) is 9.90 Å². The molecule has 0 aromatic carbocycles. The van der Waals surface area contributed by atoms with E-state index in [2.05, 4.69) is 15.5 Å². The smallest absolute Gasteiger partial charge is 0.321 e. The van der Waals surface area contributed by atoms with Gasteiger partial charge in [0.25, 0.3) is 0 Å². The van der Waals surface area contributed by atoms with Gasteiger partial charge in [0, 0.05) is 0 Å². The van der Waals surface area contributed by atoms with Gasteiger partial charge in [0.05, 0.1) is 0 Å². The van der Waals surface area contributed by atoms with Gasteiger partial charge in [-0.05, 0) is 39.0 Å². The zero-order valence-electron chi connectivity index (χ0n) is 16.3. The van der Waals surface area contributed by atoms with Crippen LogP contribution in [0.1, 0.15) is 83.5 Å². The molecule has 3 atom stereocenters. The van der Waals surface area contributed by atoms with Crippen LogP contribution in [0, 0.1) is 0 Å². The van der Waals surface area contributed by atoms with Gasteiger partial charge in [-0.25, -0.2) is 0 Å². The fourth-order valence-corrected chi connectivity index (χ4v) is 4.21. The molecule has 5 heteroatoms. The first-order valence-electron chi connectivity index (χ1n) is 10.1. The van der Waals surface area contributed by atoms with Crippen molar-refractivity contribution in [3.8, 4) is 0 Å². The summed E-state index contributed by atoms with van der Waals surface area (Å²) in [6.07, 6.45) is 19.7. The number of hydrogen-bond acceptors (Lipinski definition) is 2. The summed E-state index contributed by atoms with van der Waals surface area (Å²) in [6, 6.07) is -0.418. The number of rotatable bonds is 19. The second-order valence-corrected chi connectivity index (χ2v) is 9.19. The minimum absolute atomic E-state index is 0.418. The van der Waals surface area contributed by atoms with Gasteiger partial charge < -0.3 is 5.11 Å². The van der Waals surface area contributed by atoms with E-state index in [0.717, 1.165) is 21.2 Å². The highest BCUT2D eigenvalue weighted by Gasteiger charge is 2.20. The molecule has 0 aliphatic heterocycles. The molecular formula is C20H41NO2P2. The monoisotopic (exact) mass is 389 g/mol. The second-order valence-electron chi connectivity index (χ2n) is 7.06. The molecule has 0 spiro atoms. The van der Waals surface area contributed by atoms with Gasteiger partial charge in [-0.2, -0.15) is 0 Å². The van der Waals surface area contributed by atoms with Gasteiger partial charge in [0.2, 0.25) is 0 Å². The first-order chi connectivity index (χ1) is 12.1. The van der Waals surface area contributed by atoms with E-state index >= 15 is 0 Å². The Morgan fingerprint density at radius 2 is 1.44 bits per heavy atom. The predicted molar refractivity (Wildman–Crippen MR) is 117 cm³/mol. The normalized spacial score (nSPS) is 12.9. The summed E-state index contributed by atoms with van der Waals surface area (Å²) >= 11 is 0. The van der Waals surface area contributed by atoms with Crippen LogP contribution in [0.4, 0.5) is 0 Å². The zero-order chi connectivity index (χ0) is 18.8. The zero-order valence-corrected chi connectivity index (χ0v) is 18.5. The Kier molecular flexibility index (Phi) is 18.8. The maximum Gasteiger partial charge on any atom is 0.321 e. The fourth-order valence-electron chi connectivity index (χ4n) is 3.14. The number of aliphatic carboxylic acids is 1. The molecule has 0 bridgehead atoms. The molecule has 3 unspecified atom stereocenters. The number of carbonyl (C=O) groups is 1. The molecule has 0 aromatic heterocycles. The summed E-state index contributed by atoms with van der Waals surface area (Å²) < 4.78 is 0. The van der Waals surface area contributed by atoms with E-state index in [1.807, 2.05) is 11.9 Å². The van der Waals surface area contributed by atoms with Crippen molar-refractivity contribution in [2.24, 2.45) is 0 Å². The minimum Gasteiger partial charge on any atom is -0.480 e. The van der Waals surface area contributed by atoms with E-state index in [4.69, 9.17) is 0 Å². The lowest BCUT2D eigenvalue weighted by Crippen LogP contribution is -2.38. The fraction of sp³-hybridized carbons (Fsp3) is 0.850. The molecule has 0 saturated carbocycles. The molecular weight excluding hydrogens is 348 g/mol. The topological polar surface area (TPSA) is 40.5 Å². The van der Waals surface area contributed by atoms with E-state index in [1.54, 1.807) is 6.08 Å². The molecule has 1 N–H and O–H groups in total. The van der Waals surface area contributed by atoms with Crippen LogP contribution in [0.25, 0.3) is 0 Å². The number of hydrogen-bond donors (Lipinski definition) is 1. The molecule has 0 radical (unpaired) electrons. The van der Waals surface area contributed by atoms with Crippen LogP contribution < -0.4 is 0 Å². The van der Waals surface area contributed by atoms with Crippen molar-refractivity contribution in [2.75, 3.05) is 19.8 Å². The largest absolute Gasteiger partial charge is 0.480 e. The van der Waals surface area contributed by atoms with Gasteiger partial charge in [-0.1, -0.05) is 70.3 Å². The molecule has 0 amide bonds. The summed E-state index contributed by atoms with van der Waals surface area (Å²) in [6.45, 7) is 4.51. The summed E-state index contributed by atoms with van der Waals surface area (Å²) in [5.74, 6) is -0.743. The van der Waals surface area contributed by atoms with Crippen molar-refractivity contribution in [3.05, 3.63) is 12.7 Å². The van der Waals surface area contributed by atoms with Crippen molar-refractivity contribution in [3.63, 3.8) is 0 Å². The van der Waals surface area contributed by atoms with E-state index in [1.165, 1.54) is 76.8 Å². The number of carboxylic acids is 1. The third kappa shape index (κ3) is 16.0. The van der Waals surface area contributed by atoms with Gasteiger partial charge in [0.15, 0.2) is 0 Å². The second kappa shape index (κ2) is 18.8. The molecule has 148 valence electrons. The van der Waals surface area contributed by atoms with Crippen molar-refractivity contribution in [2.45, 2.75) is 89.5 Å². The van der Waals surface area contributed by atoms with Crippen molar-refractivity contribution in [1.29, 1.82) is 0 Å². The minimum atomic E-state index is -0.743. The highest BCUT2D eigenvalue weighted by Crippen LogP contribution is 2.22. The number of unbranched alkanes of at least 4 members (excludes halogenated alkanes) is 11. The van der Waals surface area contributed by atoms with Crippen LogP contribution in [0.2, 0.25) is 0 Å². The summed E-state index contributed by atoms with van der Waals surface area (Å²) in [7, 11) is 5.79. The van der Waals surface area contributed by atoms with Crippen LogP contribution in [0.3, 0.4) is 0 Å². The molecule has 0 saturated heterocycles. The Morgan fingerprint density at radius 3 is 1.84 bits per heavy atom. The Bertz CT molecular complexity index is 327. The van der Waals surface area contributed by atoms with Crippen molar-refractivity contribution in [1.82, 2.24) is 4.90 Å². The third-order valence-corrected chi connectivity index (χ3v) is 6.30. The molecule has 0 aromatic rings. The van der Waals surface area contributed by atoms with Crippen LogP contribution >= 0.6 is 17.2 Å². The van der Waals surface area contributed by atoms with Crippen molar-refractivity contribution < 1.29 is 9.90 Å². The van der Waals surface area contributed by atoms with E-state index < -0.39 is 12.0 Å². The average molecular weight is 390 g/mol.